The second-order valence-corrected chi connectivity index (χ2v) is 7.99. The van der Waals surface area contributed by atoms with Crippen molar-refractivity contribution in [2.45, 2.75) is 4.90 Å². The molecule has 0 radical (unpaired) electrons. The van der Waals surface area contributed by atoms with Gasteiger partial charge >= 0.3 is 0 Å². The molecule has 146 valence electrons. The molecule has 3 rings (SSSR count). The quantitative estimate of drug-likeness (QED) is 0.809. The SMILES string of the molecule is O=S(=O)(NCCN1CCN(c2ccccc2F)CC1)c1cc(F)ccc1F. The van der Waals surface area contributed by atoms with Crippen LogP contribution in [0.3, 0.4) is 0 Å². The molecule has 1 fully saturated rings. The van der Waals surface area contributed by atoms with E-state index in [9.17, 15) is 21.6 Å². The number of piperazine rings is 1. The van der Waals surface area contributed by atoms with Gasteiger partial charge in [0.2, 0.25) is 10.0 Å². The van der Waals surface area contributed by atoms with Crippen LogP contribution in [0.25, 0.3) is 0 Å². The van der Waals surface area contributed by atoms with E-state index in [1.807, 2.05) is 9.80 Å². The number of rotatable bonds is 6. The zero-order chi connectivity index (χ0) is 19.4. The Morgan fingerprint density at radius 2 is 1.63 bits per heavy atom. The lowest BCUT2D eigenvalue weighted by Crippen LogP contribution is -2.48. The van der Waals surface area contributed by atoms with Crippen LogP contribution in [0.2, 0.25) is 0 Å². The highest BCUT2D eigenvalue weighted by atomic mass is 32.2. The molecule has 2 aromatic rings. The molecular formula is C18H20F3N3O2S. The summed E-state index contributed by atoms with van der Waals surface area (Å²) in [7, 11) is -4.13. The van der Waals surface area contributed by atoms with Gasteiger partial charge in [-0.2, -0.15) is 0 Å². The number of anilines is 1. The van der Waals surface area contributed by atoms with Gasteiger partial charge in [0.25, 0.3) is 0 Å². The molecule has 5 nitrogen and oxygen atoms in total. The Labute approximate surface area is 156 Å². The van der Waals surface area contributed by atoms with Crippen molar-refractivity contribution in [3.8, 4) is 0 Å². The highest BCUT2D eigenvalue weighted by Gasteiger charge is 2.22. The minimum Gasteiger partial charge on any atom is -0.367 e. The van der Waals surface area contributed by atoms with Gasteiger partial charge in [-0.15, -0.1) is 0 Å². The standard InChI is InChI=1S/C18H20F3N3O2S/c19-14-5-6-16(21)18(13-14)27(25,26)22-7-8-23-9-11-24(12-10-23)17-4-2-1-3-15(17)20/h1-6,13,22H,7-12H2. The van der Waals surface area contributed by atoms with Gasteiger partial charge in [0.1, 0.15) is 22.3 Å². The molecule has 1 aliphatic rings. The third kappa shape index (κ3) is 4.79. The lowest BCUT2D eigenvalue weighted by molar-refractivity contribution is 0.261. The Morgan fingerprint density at radius 3 is 2.33 bits per heavy atom. The van der Waals surface area contributed by atoms with Crippen LogP contribution in [-0.4, -0.2) is 52.6 Å². The molecular weight excluding hydrogens is 379 g/mol. The maximum atomic E-state index is 13.8. The summed E-state index contributed by atoms with van der Waals surface area (Å²) in [5, 5.41) is 0. The number of benzene rings is 2. The second-order valence-electron chi connectivity index (χ2n) is 6.25. The Morgan fingerprint density at radius 1 is 0.926 bits per heavy atom. The predicted molar refractivity (Wildman–Crippen MR) is 96.6 cm³/mol. The lowest BCUT2D eigenvalue weighted by Gasteiger charge is -2.36. The molecule has 0 unspecified atom stereocenters. The topological polar surface area (TPSA) is 52.7 Å². The van der Waals surface area contributed by atoms with Gasteiger partial charge in [0, 0.05) is 39.3 Å². The number of hydrogen-bond donors (Lipinski definition) is 1. The van der Waals surface area contributed by atoms with Crippen LogP contribution in [0, 0.1) is 17.5 Å². The van der Waals surface area contributed by atoms with E-state index in [1.54, 1.807) is 18.2 Å². The summed E-state index contributed by atoms with van der Waals surface area (Å²) >= 11 is 0. The van der Waals surface area contributed by atoms with E-state index >= 15 is 0 Å². The molecule has 1 saturated heterocycles. The molecule has 0 amide bonds. The number of hydrogen-bond acceptors (Lipinski definition) is 4. The average molecular weight is 399 g/mol. The maximum absolute atomic E-state index is 13.8. The minimum atomic E-state index is -4.13. The fourth-order valence-corrected chi connectivity index (χ4v) is 4.13. The van der Waals surface area contributed by atoms with E-state index in [0.717, 1.165) is 12.1 Å². The molecule has 1 N–H and O–H groups in total. The smallest absolute Gasteiger partial charge is 0.243 e. The van der Waals surface area contributed by atoms with Gasteiger partial charge in [-0.1, -0.05) is 12.1 Å². The summed E-state index contributed by atoms with van der Waals surface area (Å²) in [5.74, 6) is -2.08. The number of sulfonamides is 1. The van der Waals surface area contributed by atoms with Crippen molar-refractivity contribution in [3.63, 3.8) is 0 Å². The lowest BCUT2D eigenvalue weighted by atomic mass is 10.2. The van der Waals surface area contributed by atoms with E-state index in [0.29, 0.717) is 44.5 Å². The van der Waals surface area contributed by atoms with E-state index in [1.165, 1.54) is 6.07 Å². The summed E-state index contributed by atoms with van der Waals surface area (Å²) in [6, 6.07) is 8.88. The molecule has 0 bridgehead atoms. The third-order valence-corrected chi connectivity index (χ3v) is 5.94. The first-order chi connectivity index (χ1) is 12.9. The fraction of sp³-hybridized carbons (Fsp3) is 0.333. The molecule has 2 aromatic carbocycles. The molecule has 0 spiro atoms. The summed E-state index contributed by atoms with van der Waals surface area (Å²) < 4.78 is 67.3. The first kappa shape index (κ1) is 19.7. The van der Waals surface area contributed by atoms with Crippen molar-refractivity contribution in [3.05, 3.63) is 59.9 Å². The molecule has 0 atom stereocenters. The first-order valence-electron chi connectivity index (χ1n) is 8.53. The molecule has 27 heavy (non-hydrogen) atoms. The van der Waals surface area contributed by atoms with Gasteiger partial charge in [-0.3, -0.25) is 4.90 Å². The van der Waals surface area contributed by atoms with Crippen molar-refractivity contribution in [1.82, 2.24) is 9.62 Å². The molecule has 0 aromatic heterocycles. The van der Waals surface area contributed by atoms with E-state index in [4.69, 9.17) is 0 Å². The van der Waals surface area contributed by atoms with Crippen molar-refractivity contribution in [2.75, 3.05) is 44.2 Å². The van der Waals surface area contributed by atoms with E-state index in [-0.39, 0.29) is 12.4 Å². The zero-order valence-corrected chi connectivity index (χ0v) is 15.4. The van der Waals surface area contributed by atoms with Gasteiger partial charge in [0.05, 0.1) is 5.69 Å². The highest BCUT2D eigenvalue weighted by Crippen LogP contribution is 2.20. The van der Waals surface area contributed by atoms with Crippen LogP contribution in [0.4, 0.5) is 18.9 Å². The summed E-state index contributed by atoms with van der Waals surface area (Å²) in [4.78, 5) is 3.27. The Kier molecular flexibility index (Phi) is 6.03. The van der Waals surface area contributed by atoms with Crippen LogP contribution >= 0.6 is 0 Å². The van der Waals surface area contributed by atoms with Crippen LogP contribution < -0.4 is 9.62 Å². The van der Waals surface area contributed by atoms with Crippen molar-refractivity contribution >= 4 is 15.7 Å². The largest absolute Gasteiger partial charge is 0.367 e. The minimum absolute atomic E-state index is 0.0674. The Balaban J connectivity index is 1.50. The van der Waals surface area contributed by atoms with Crippen molar-refractivity contribution in [2.24, 2.45) is 0 Å². The van der Waals surface area contributed by atoms with Crippen LogP contribution in [0.5, 0.6) is 0 Å². The maximum Gasteiger partial charge on any atom is 0.243 e. The van der Waals surface area contributed by atoms with Gasteiger partial charge in [0.15, 0.2) is 0 Å². The van der Waals surface area contributed by atoms with E-state index in [2.05, 4.69) is 4.72 Å². The predicted octanol–water partition coefficient (Wildman–Crippen LogP) is 2.20. The first-order valence-corrected chi connectivity index (χ1v) is 10.0. The molecule has 9 heteroatoms. The molecule has 1 heterocycles. The molecule has 0 saturated carbocycles. The Hall–Kier alpha value is -2.10. The Bertz CT molecular complexity index is 900. The number of nitrogens with zero attached hydrogens (tertiary/aromatic N) is 2. The normalized spacial score (nSPS) is 15.9. The zero-order valence-electron chi connectivity index (χ0n) is 14.5. The second kappa shape index (κ2) is 8.28. The molecule has 0 aliphatic carbocycles. The summed E-state index contributed by atoms with van der Waals surface area (Å²) in [5.41, 5.74) is 0.555. The number of para-hydroxylation sites is 1. The van der Waals surface area contributed by atoms with Gasteiger partial charge in [-0.25, -0.2) is 26.3 Å². The van der Waals surface area contributed by atoms with Crippen LogP contribution in [-0.2, 0) is 10.0 Å². The number of nitrogens with one attached hydrogen (secondary N) is 1. The fourth-order valence-electron chi connectivity index (χ4n) is 3.02. The monoisotopic (exact) mass is 399 g/mol. The third-order valence-electron chi connectivity index (χ3n) is 4.47. The highest BCUT2D eigenvalue weighted by molar-refractivity contribution is 7.89. The summed E-state index contributed by atoms with van der Waals surface area (Å²) in [6.07, 6.45) is 0. The van der Waals surface area contributed by atoms with Gasteiger partial charge in [-0.05, 0) is 30.3 Å². The van der Waals surface area contributed by atoms with Crippen molar-refractivity contribution < 1.29 is 21.6 Å². The van der Waals surface area contributed by atoms with Crippen molar-refractivity contribution in [1.29, 1.82) is 0 Å². The average Bonchev–Trinajstić information content (AvgIpc) is 2.65. The van der Waals surface area contributed by atoms with E-state index < -0.39 is 26.6 Å². The van der Waals surface area contributed by atoms with Crippen LogP contribution in [0.15, 0.2) is 47.4 Å². The number of halogens is 3. The molecule has 1 aliphatic heterocycles. The van der Waals surface area contributed by atoms with Crippen LogP contribution in [0.1, 0.15) is 0 Å². The van der Waals surface area contributed by atoms with Gasteiger partial charge < -0.3 is 4.90 Å². The summed E-state index contributed by atoms with van der Waals surface area (Å²) in [6.45, 7) is 3.01.